The summed E-state index contributed by atoms with van der Waals surface area (Å²) in [4.78, 5) is 9.78. The minimum atomic E-state index is 0.635. The lowest BCUT2D eigenvalue weighted by molar-refractivity contribution is -0.107. The molecule has 0 spiro atoms. The molecule has 0 aromatic heterocycles. The minimum Gasteiger partial charge on any atom is -0.402 e. The van der Waals surface area contributed by atoms with Gasteiger partial charge < -0.3 is 10.5 Å². The molecule has 2 N–H and O–H groups in total. The number of carbonyl (C=O) groups excluding carboxylic acids is 1. The molecule has 0 aliphatic heterocycles. The summed E-state index contributed by atoms with van der Waals surface area (Å²) >= 11 is 0. The molecule has 0 amide bonds. The fourth-order valence-electron chi connectivity index (χ4n) is 0.668. The summed E-state index contributed by atoms with van der Waals surface area (Å²) in [7, 11) is 0. The van der Waals surface area contributed by atoms with Crippen LogP contribution in [0.25, 0.3) is 0 Å². The van der Waals surface area contributed by atoms with Crippen molar-refractivity contribution in [1.82, 2.24) is 0 Å². The van der Waals surface area contributed by atoms with E-state index in [1.807, 2.05) is 0 Å². The average molecular weight is 111 g/mol. The first-order valence-electron chi connectivity index (χ1n) is 2.74. The Hall–Kier alpha value is -0.790. The van der Waals surface area contributed by atoms with Crippen molar-refractivity contribution in [2.45, 2.75) is 19.3 Å². The molecule has 1 aliphatic carbocycles. The third-order valence-corrected chi connectivity index (χ3v) is 1.30. The van der Waals surface area contributed by atoms with Crippen LogP contribution in [0.4, 0.5) is 0 Å². The van der Waals surface area contributed by atoms with Gasteiger partial charge in [0.25, 0.3) is 0 Å². The first-order valence-corrected chi connectivity index (χ1v) is 2.74. The van der Waals surface area contributed by atoms with Gasteiger partial charge in [0.05, 0.1) is 0 Å². The van der Waals surface area contributed by atoms with E-state index in [2.05, 4.69) is 0 Å². The topological polar surface area (TPSA) is 43.1 Å². The minimum absolute atomic E-state index is 0.635. The van der Waals surface area contributed by atoms with Gasteiger partial charge in [-0.2, -0.15) is 0 Å². The molecule has 8 heavy (non-hydrogen) atoms. The number of allylic oxidation sites excluding steroid dienone is 2. The second-order valence-corrected chi connectivity index (χ2v) is 2.01. The highest BCUT2D eigenvalue weighted by Gasteiger charge is 2.15. The Balaban J connectivity index is 2.13. The molecule has 2 nitrogen and oxygen atoms in total. The summed E-state index contributed by atoms with van der Waals surface area (Å²) in [5.74, 6) is 0. The van der Waals surface area contributed by atoms with Crippen LogP contribution < -0.4 is 5.73 Å². The number of aldehydes is 1. The number of nitrogens with two attached hydrogens (primary N) is 1. The van der Waals surface area contributed by atoms with Crippen molar-refractivity contribution in [3.63, 3.8) is 0 Å². The number of hydrogen-bond acceptors (Lipinski definition) is 2. The predicted octanol–water partition coefficient (Wildman–Crippen LogP) is 0.582. The molecule has 2 heteroatoms. The first-order chi connectivity index (χ1) is 3.84. The highest BCUT2D eigenvalue weighted by atomic mass is 16.1. The van der Waals surface area contributed by atoms with Gasteiger partial charge in [-0.15, -0.1) is 0 Å². The molecule has 0 fully saturated rings. The van der Waals surface area contributed by atoms with Crippen molar-refractivity contribution >= 4 is 6.29 Å². The molecule has 0 aromatic carbocycles. The number of rotatable bonds is 3. The summed E-state index contributed by atoms with van der Waals surface area (Å²) in [6.45, 7) is 0. The lowest BCUT2D eigenvalue weighted by Crippen LogP contribution is -1.77. The fourth-order valence-corrected chi connectivity index (χ4v) is 0.668. The zero-order chi connectivity index (χ0) is 5.98. The molecule has 1 rings (SSSR count). The van der Waals surface area contributed by atoms with Crippen molar-refractivity contribution in [3.8, 4) is 0 Å². The first kappa shape index (κ1) is 5.35. The zero-order valence-corrected chi connectivity index (χ0v) is 4.68. The Morgan fingerprint density at radius 2 is 2.38 bits per heavy atom. The van der Waals surface area contributed by atoms with Gasteiger partial charge in [-0.25, -0.2) is 0 Å². The highest BCUT2D eigenvalue weighted by molar-refractivity contribution is 5.51. The van der Waals surface area contributed by atoms with Crippen molar-refractivity contribution in [2.75, 3.05) is 0 Å². The van der Waals surface area contributed by atoms with E-state index in [9.17, 15) is 4.79 Å². The molecule has 0 atom stereocenters. The average Bonchev–Trinajstić information content (AvgIpc) is 2.42. The molecule has 44 valence electrons. The van der Waals surface area contributed by atoms with Gasteiger partial charge in [-0.3, -0.25) is 0 Å². The Bertz CT molecular complexity index is 137. The normalized spacial score (nSPS) is 16.5. The largest absolute Gasteiger partial charge is 0.402 e. The summed E-state index contributed by atoms with van der Waals surface area (Å²) in [6.07, 6.45) is 3.41. The molecule has 0 heterocycles. The Kier molecular flexibility index (Phi) is 1.33. The lowest BCUT2D eigenvalue weighted by Gasteiger charge is -1.78. The van der Waals surface area contributed by atoms with Gasteiger partial charge in [0, 0.05) is 18.5 Å². The molecule has 0 unspecified atom stereocenters. The van der Waals surface area contributed by atoms with Crippen LogP contribution in [0.2, 0.25) is 0 Å². The van der Waals surface area contributed by atoms with Crippen molar-refractivity contribution in [3.05, 3.63) is 11.3 Å². The molecule has 0 bridgehead atoms. The van der Waals surface area contributed by atoms with Gasteiger partial charge in [0.1, 0.15) is 6.29 Å². The van der Waals surface area contributed by atoms with Crippen LogP contribution in [0.1, 0.15) is 19.3 Å². The smallest absolute Gasteiger partial charge is 0.120 e. The molecule has 1 aliphatic rings. The Morgan fingerprint density at radius 1 is 1.75 bits per heavy atom. The van der Waals surface area contributed by atoms with Crippen LogP contribution in [0.5, 0.6) is 0 Å². The Labute approximate surface area is 48.4 Å². The van der Waals surface area contributed by atoms with Crippen LogP contribution in [0.15, 0.2) is 11.3 Å². The molecular weight excluding hydrogens is 102 g/mol. The van der Waals surface area contributed by atoms with E-state index in [0.29, 0.717) is 6.42 Å². The molecule has 0 saturated carbocycles. The molecule has 0 saturated heterocycles. The van der Waals surface area contributed by atoms with Crippen LogP contribution in [-0.2, 0) is 4.79 Å². The van der Waals surface area contributed by atoms with E-state index in [1.54, 1.807) is 0 Å². The van der Waals surface area contributed by atoms with Crippen molar-refractivity contribution < 1.29 is 4.79 Å². The van der Waals surface area contributed by atoms with Crippen LogP contribution in [0.3, 0.4) is 0 Å². The molecular formula is C6H9NO. The predicted molar refractivity (Wildman–Crippen MR) is 31.1 cm³/mol. The molecule has 0 aromatic rings. The van der Waals surface area contributed by atoms with Crippen LogP contribution in [0, 0.1) is 0 Å². The standard InChI is InChI=1S/C6H9NO/c7-6-4-5(6)2-1-3-8/h3H,1-2,4,7H2. The van der Waals surface area contributed by atoms with Gasteiger partial charge in [-0.05, 0) is 12.0 Å². The maximum atomic E-state index is 9.78. The third kappa shape index (κ3) is 1.09. The SMILES string of the molecule is NC1=C(CCC=O)C1. The van der Waals surface area contributed by atoms with E-state index in [1.165, 1.54) is 5.57 Å². The van der Waals surface area contributed by atoms with Gasteiger partial charge in [-0.1, -0.05) is 0 Å². The van der Waals surface area contributed by atoms with Gasteiger partial charge >= 0.3 is 0 Å². The quantitative estimate of drug-likeness (QED) is 0.541. The van der Waals surface area contributed by atoms with Crippen molar-refractivity contribution in [2.24, 2.45) is 5.73 Å². The maximum absolute atomic E-state index is 9.78. The summed E-state index contributed by atoms with van der Waals surface area (Å²) < 4.78 is 0. The zero-order valence-electron chi connectivity index (χ0n) is 4.68. The summed E-state index contributed by atoms with van der Waals surface area (Å²) in [5, 5.41) is 0. The lowest BCUT2D eigenvalue weighted by atomic mass is 10.3. The third-order valence-electron chi connectivity index (χ3n) is 1.30. The van der Waals surface area contributed by atoms with Gasteiger partial charge in [0.2, 0.25) is 0 Å². The monoisotopic (exact) mass is 111 g/mol. The van der Waals surface area contributed by atoms with E-state index >= 15 is 0 Å². The highest BCUT2D eigenvalue weighted by Crippen LogP contribution is 2.28. The summed E-state index contributed by atoms with van der Waals surface area (Å²) in [5.41, 5.74) is 7.64. The second-order valence-electron chi connectivity index (χ2n) is 2.01. The number of hydrogen-bond donors (Lipinski definition) is 1. The number of carbonyl (C=O) groups is 1. The maximum Gasteiger partial charge on any atom is 0.120 e. The Morgan fingerprint density at radius 3 is 2.75 bits per heavy atom. The van der Waals surface area contributed by atoms with E-state index in [-0.39, 0.29) is 0 Å². The van der Waals surface area contributed by atoms with Crippen LogP contribution >= 0.6 is 0 Å². The fraction of sp³-hybridized carbons (Fsp3) is 0.500. The van der Waals surface area contributed by atoms with E-state index < -0.39 is 0 Å². The molecule has 0 radical (unpaired) electrons. The summed E-state index contributed by atoms with van der Waals surface area (Å²) in [6, 6.07) is 0. The van der Waals surface area contributed by atoms with E-state index in [0.717, 1.165) is 24.8 Å². The van der Waals surface area contributed by atoms with Gasteiger partial charge in [0.15, 0.2) is 0 Å². The van der Waals surface area contributed by atoms with Crippen LogP contribution in [-0.4, -0.2) is 6.29 Å². The van der Waals surface area contributed by atoms with Crippen molar-refractivity contribution in [1.29, 1.82) is 0 Å². The van der Waals surface area contributed by atoms with E-state index in [4.69, 9.17) is 5.73 Å². The second kappa shape index (κ2) is 1.99.